The minimum atomic E-state index is -0.142. The third-order valence-electron chi connectivity index (χ3n) is 3.02. The van der Waals surface area contributed by atoms with Gasteiger partial charge in [-0.15, -0.1) is 11.3 Å². The van der Waals surface area contributed by atoms with E-state index in [1.54, 1.807) is 23.5 Å². The van der Waals surface area contributed by atoms with Gasteiger partial charge in [0, 0.05) is 10.7 Å². The molecule has 1 fully saturated rings. The van der Waals surface area contributed by atoms with Gasteiger partial charge in [-0.2, -0.15) is 0 Å². The summed E-state index contributed by atoms with van der Waals surface area (Å²) in [6.45, 7) is 1.04. The average Bonchev–Trinajstić information content (AvgIpc) is 3.00. The van der Waals surface area contributed by atoms with E-state index in [-0.39, 0.29) is 5.82 Å². The first-order chi connectivity index (χ1) is 7.83. The molecule has 1 aromatic carbocycles. The van der Waals surface area contributed by atoms with Crippen molar-refractivity contribution >= 4 is 21.4 Å². The van der Waals surface area contributed by atoms with E-state index >= 15 is 0 Å². The number of nitrogens with one attached hydrogen (secondary N) is 1. The van der Waals surface area contributed by atoms with Crippen LogP contribution in [0.1, 0.15) is 18.4 Å². The summed E-state index contributed by atoms with van der Waals surface area (Å²) in [5.41, 5.74) is 1.34. The van der Waals surface area contributed by atoms with Crippen LogP contribution in [0.4, 0.5) is 4.39 Å². The van der Waals surface area contributed by atoms with Crippen molar-refractivity contribution in [3.63, 3.8) is 0 Å². The summed E-state index contributed by atoms with van der Waals surface area (Å²) >= 11 is 1.63. The number of rotatable bonds is 4. The van der Waals surface area contributed by atoms with E-state index in [1.807, 2.05) is 6.07 Å². The van der Waals surface area contributed by atoms with E-state index in [1.165, 1.54) is 23.8 Å². The van der Waals surface area contributed by atoms with Crippen molar-refractivity contribution in [1.82, 2.24) is 5.32 Å². The van der Waals surface area contributed by atoms with Gasteiger partial charge in [-0.1, -0.05) is 6.07 Å². The van der Waals surface area contributed by atoms with E-state index in [0.29, 0.717) is 0 Å². The first kappa shape index (κ1) is 10.2. The number of hydrogen-bond donors (Lipinski definition) is 1. The molecule has 1 N–H and O–H groups in total. The monoisotopic (exact) mass is 235 g/mol. The van der Waals surface area contributed by atoms with Gasteiger partial charge in [0.25, 0.3) is 0 Å². The molecule has 2 aromatic rings. The predicted octanol–water partition coefficient (Wildman–Crippen LogP) is 3.33. The molecular weight excluding hydrogens is 221 g/mol. The van der Waals surface area contributed by atoms with Gasteiger partial charge in [0.1, 0.15) is 5.82 Å². The van der Waals surface area contributed by atoms with Crippen LogP contribution in [0, 0.1) is 5.82 Å². The fourth-order valence-electron chi connectivity index (χ4n) is 1.95. The Morgan fingerprint density at radius 1 is 1.38 bits per heavy atom. The van der Waals surface area contributed by atoms with E-state index < -0.39 is 0 Å². The second-order valence-corrected chi connectivity index (χ2v) is 5.29. The zero-order valence-corrected chi connectivity index (χ0v) is 9.82. The maximum Gasteiger partial charge on any atom is 0.124 e. The van der Waals surface area contributed by atoms with Gasteiger partial charge in [-0.3, -0.25) is 0 Å². The molecule has 1 aromatic heterocycles. The lowest BCUT2D eigenvalue weighted by atomic mass is 10.1. The molecule has 1 aliphatic rings. The molecule has 0 aliphatic heterocycles. The zero-order valence-electron chi connectivity index (χ0n) is 9.00. The molecule has 1 aliphatic carbocycles. The van der Waals surface area contributed by atoms with Crippen LogP contribution in [0.2, 0.25) is 0 Å². The van der Waals surface area contributed by atoms with Crippen molar-refractivity contribution in [2.24, 2.45) is 0 Å². The van der Waals surface area contributed by atoms with Crippen LogP contribution in [0.25, 0.3) is 10.1 Å². The quantitative estimate of drug-likeness (QED) is 0.857. The summed E-state index contributed by atoms with van der Waals surface area (Å²) in [5.74, 6) is -0.142. The zero-order chi connectivity index (χ0) is 11.0. The molecule has 0 unspecified atom stereocenters. The highest BCUT2D eigenvalue weighted by Gasteiger charge is 2.19. The van der Waals surface area contributed by atoms with Gasteiger partial charge in [0.05, 0.1) is 0 Å². The third-order valence-corrected chi connectivity index (χ3v) is 4.02. The van der Waals surface area contributed by atoms with Gasteiger partial charge in [-0.05, 0) is 54.3 Å². The van der Waals surface area contributed by atoms with Crippen molar-refractivity contribution in [3.8, 4) is 0 Å². The summed E-state index contributed by atoms with van der Waals surface area (Å²) in [6.07, 6.45) is 3.70. The normalized spacial score (nSPS) is 15.8. The molecule has 1 saturated carbocycles. The van der Waals surface area contributed by atoms with Crippen molar-refractivity contribution in [2.75, 3.05) is 6.54 Å². The smallest absolute Gasteiger partial charge is 0.124 e. The Morgan fingerprint density at radius 2 is 2.25 bits per heavy atom. The lowest BCUT2D eigenvalue weighted by Gasteiger charge is -2.01. The SMILES string of the molecule is Fc1ccc2c(CCNC3CC3)csc2c1. The molecule has 84 valence electrons. The molecule has 1 heterocycles. The molecule has 0 bridgehead atoms. The van der Waals surface area contributed by atoms with Gasteiger partial charge in [0.15, 0.2) is 0 Å². The topological polar surface area (TPSA) is 12.0 Å². The van der Waals surface area contributed by atoms with Crippen molar-refractivity contribution < 1.29 is 4.39 Å². The lowest BCUT2D eigenvalue weighted by Crippen LogP contribution is -2.19. The molecule has 0 saturated heterocycles. The molecular formula is C13H14FNS. The Balaban J connectivity index is 1.75. The minimum absolute atomic E-state index is 0.142. The predicted molar refractivity (Wildman–Crippen MR) is 66.5 cm³/mol. The minimum Gasteiger partial charge on any atom is -0.314 e. The van der Waals surface area contributed by atoms with E-state index in [4.69, 9.17) is 0 Å². The fourth-order valence-corrected chi connectivity index (χ4v) is 2.97. The van der Waals surface area contributed by atoms with E-state index in [2.05, 4.69) is 10.7 Å². The van der Waals surface area contributed by atoms with E-state index in [0.717, 1.165) is 23.7 Å². The number of thiophene rings is 1. The van der Waals surface area contributed by atoms with Crippen molar-refractivity contribution in [1.29, 1.82) is 0 Å². The van der Waals surface area contributed by atoms with Crippen LogP contribution in [0.5, 0.6) is 0 Å². The highest BCUT2D eigenvalue weighted by molar-refractivity contribution is 7.17. The van der Waals surface area contributed by atoms with Gasteiger partial charge in [0.2, 0.25) is 0 Å². The molecule has 0 atom stereocenters. The van der Waals surface area contributed by atoms with Gasteiger partial charge < -0.3 is 5.32 Å². The molecule has 0 amide bonds. The fraction of sp³-hybridized carbons (Fsp3) is 0.385. The Morgan fingerprint density at radius 3 is 3.06 bits per heavy atom. The summed E-state index contributed by atoms with van der Waals surface area (Å²) < 4.78 is 14.1. The largest absolute Gasteiger partial charge is 0.314 e. The number of benzene rings is 1. The summed E-state index contributed by atoms with van der Waals surface area (Å²) in [5, 5.41) is 6.87. The Labute approximate surface area is 98.3 Å². The Bertz CT molecular complexity index is 502. The molecule has 3 heteroatoms. The van der Waals surface area contributed by atoms with Crippen LogP contribution in [0.3, 0.4) is 0 Å². The van der Waals surface area contributed by atoms with Crippen molar-refractivity contribution in [3.05, 3.63) is 35.0 Å². The standard InChI is InChI=1S/C13H14FNS/c14-10-1-4-12-9(8-16-13(12)7-10)5-6-15-11-2-3-11/h1,4,7-8,11,15H,2-3,5-6H2. The average molecular weight is 235 g/mol. The van der Waals surface area contributed by atoms with Crippen LogP contribution in [0.15, 0.2) is 23.6 Å². The van der Waals surface area contributed by atoms with Gasteiger partial charge in [-0.25, -0.2) is 4.39 Å². The van der Waals surface area contributed by atoms with E-state index in [9.17, 15) is 4.39 Å². The first-order valence-corrected chi connectivity index (χ1v) is 6.60. The Kier molecular flexibility index (Phi) is 2.65. The van der Waals surface area contributed by atoms with Crippen molar-refractivity contribution in [2.45, 2.75) is 25.3 Å². The molecule has 3 rings (SSSR count). The molecule has 0 spiro atoms. The second-order valence-electron chi connectivity index (χ2n) is 4.38. The molecule has 1 nitrogen and oxygen atoms in total. The summed E-state index contributed by atoms with van der Waals surface area (Å²) in [6, 6.07) is 5.83. The first-order valence-electron chi connectivity index (χ1n) is 5.72. The molecule has 16 heavy (non-hydrogen) atoms. The highest BCUT2D eigenvalue weighted by atomic mass is 32.1. The molecule has 0 radical (unpaired) electrons. The van der Waals surface area contributed by atoms with Crippen LogP contribution < -0.4 is 5.32 Å². The lowest BCUT2D eigenvalue weighted by molar-refractivity contribution is 0.630. The summed E-state index contributed by atoms with van der Waals surface area (Å²) in [7, 11) is 0. The van der Waals surface area contributed by atoms with Crippen LogP contribution in [-0.2, 0) is 6.42 Å². The van der Waals surface area contributed by atoms with Crippen LogP contribution in [-0.4, -0.2) is 12.6 Å². The maximum atomic E-state index is 13.0. The summed E-state index contributed by atoms with van der Waals surface area (Å²) in [4.78, 5) is 0. The maximum absolute atomic E-state index is 13.0. The third kappa shape index (κ3) is 2.11. The highest BCUT2D eigenvalue weighted by Crippen LogP contribution is 2.27. The number of halogens is 1. The Hall–Kier alpha value is -0.930. The van der Waals surface area contributed by atoms with Gasteiger partial charge >= 0.3 is 0 Å². The number of fused-ring (bicyclic) bond motifs is 1. The second kappa shape index (κ2) is 4.15. The van der Waals surface area contributed by atoms with Crippen LogP contribution >= 0.6 is 11.3 Å². The number of hydrogen-bond acceptors (Lipinski definition) is 2.